The summed E-state index contributed by atoms with van der Waals surface area (Å²) in [5.74, 6) is 0.556. The molecule has 0 saturated heterocycles. The first-order valence-electron chi connectivity index (χ1n) is 4.24. The van der Waals surface area contributed by atoms with Gasteiger partial charge in [0.25, 0.3) is 0 Å². The highest BCUT2D eigenvalue weighted by atomic mass is 79.9. The molecule has 0 saturated carbocycles. The topological polar surface area (TPSA) is 37.8 Å². The summed E-state index contributed by atoms with van der Waals surface area (Å²) in [6.45, 7) is 0. The molecule has 15 heavy (non-hydrogen) atoms. The average molecular weight is 285 g/mol. The third kappa shape index (κ3) is 2.91. The Kier molecular flexibility index (Phi) is 3.18. The van der Waals surface area contributed by atoms with Crippen LogP contribution < -0.4 is 5.32 Å². The van der Waals surface area contributed by atoms with Gasteiger partial charge in [0.1, 0.15) is 0 Å². The lowest BCUT2D eigenvalue weighted by molar-refractivity contribution is 1.15. The van der Waals surface area contributed by atoms with Crippen molar-refractivity contribution in [1.82, 2.24) is 9.97 Å². The average Bonchev–Trinajstić information content (AvgIpc) is 2.25. The van der Waals surface area contributed by atoms with Crippen molar-refractivity contribution >= 4 is 39.2 Å². The first-order chi connectivity index (χ1) is 7.24. The Labute approximate surface area is 101 Å². The molecule has 1 heterocycles. The van der Waals surface area contributed by atoms with Gasteiger partial charge in [0.05, 0.1) is 4.47 Å². The fourth-order valence-corrected chi connectivity index (χ4v) is 1.37. The molecular formula is C10H7BrClN3. The maximum absolute atomic E-state index is 5.77. The van der Waals surface area contributed by atoms with Crippen molar-refractivity contribution < 1.29 is 0 Å². The lowest BCUT2D eigenvalue weighted by atomic mass is 10.3. The van der Waals surface area contributed by atoms with Crippen LogP contribution in [-0.4, -0.2) is 9.97 Å². The van der Waals surface area contributed by atoms with Gasteiger partial charge >= 0.3 is 0 Å². The van der Waals surface area contributed by atoms with E-state index in [1.807, 2.05) is 24.3 Å². The highest BCUT2D eigenvalue weighted by molar-refractivity contribution is 9.10. The Bertz CT molecular complexity index is 398. The summed E-state index contributed by atoms with van der Waals surface area (Å²) in [5.41, 5.74) is 0.904. The molecule has 0 atom stereocenters. The van der Waals surface area contributed by atoms with E-state index in [-0.39, 0.29) is 0 Å². The van der Waals surface area contributed by atoms with Crippen molar-refractivity contribution in [3.05, 3.63) is 46.2 Å². The van der Waals surface area contributed by atoms with Gasteiger partial charge in [-0.05, 0) is 40.2 Å². The van der Waals surface area contributed by atoms with Gasteiger partial charge in [0.15, 0.2) is 0 Å². The van der Waals surface area contributed by atoms with E-state index in [2.05, 4.69) is 31.2 Å². The van der Waals surface area contributed by atoms with Crippen molar-refractivity contribution in [2.24, 2.45) is 0 Å². The SMILES string of the molecule is Clc1ccc(Nc2ncc(Br)cn2)cc1. The van der Waals surface area contributed by atoms with E-state index in [1.165, 1.54) is 0 Å². The first kappa shape index (κ1) is 10.4. The molecule has 0 amide bonds. The minimum atomic E-state index is 0.556. The molecular weight excluding hydrogens is 277 g/mol. The highest BCUT2D eigenvalue weighted by Crippen LogP contribution is 2.16. The molecule has 76 valence electrons. The number of benzene rings is 1. The molecule has 0 aliphatic rings. The summed E-state index contributed by atoms with van der Waals surface area (Å²) in [6.07, 6.45) is 3.37. The first-order valence-corrected chi connectivity index (χ1v) is 5.41. The van der Waals surface area contributed by atoms with Crippen LogP contribution in [0.15, 0.2) is 41.1 Å². The Balaban J connectivity index is 2.15. The highest BCUT2D eigenvalue weighted by Gasteiger charge is 1.96. The van der Waals surface area contributed by atoms with Gasteiger partial charge < -0.3 is 5.32 Å². The van der Waals surface area contributed by atoms with Crippen LogP contribution in [0.2, 0.25) is 5.02 Å². The summed E-state index contributed by atoms with van der Waals surface area (Å²) in [4.78, 5) is 8.19. The molecule has 0 aliphatic heterocycles. The van der Waals surface area contributed by atoms with Gasteiger partial charge in [0, 0.05) is 23.1 Å². The molecule has 3 nitrogen and oxygen atoms in total. The lowest BCUT2D eigenvalue weighted by Crippen LogP contribution is -1.95. The summed E-state index contributed by atoms with van der Waals surface area (Å²) < 4.78 is 0.851. The zero-order chi connectivity index (χ0) is 10.7. The predicted molar refractivity (Wildman–Crippen MR) is 64.5 cm³/mol. The second-order valence-electron chi connectivity index (χ2n) is 2.86. The Morgan fingerprint density at radius 1 is 1.07 bits per heavy atom. The van der Waals surface area contributed by atoms with Crippen LogP contribution in [0.4, 0.5) is 11.6 Å². The molecule has 1 aromatic heterocycles. The number of anilines is 2. The summed E-state index contributed by atoms with van der Waals surface area (Å²) in [5, 5.41) is 3.76. The number of hydrogen-bond acceptors (Lipinski definition) is 3. The largest absolute Gasteiger partial charge is 0.324 e. The third-order valence-electron chi connectivity index (χ3n) is 1.72. The fraction of sp³-hybridized carbons (Fsp3) is 0. The number of nitrogens with zero attached hydrogens (tertiary/aromatic N) is 2. The van der Waals surface area contributed by atoms with E-state index < -0.39 is 0 Å². The molecule has 0 unspecified atom stereocenters. The molecule has 1 aromatic carbocycles. The molecule has 0 spiro atoms. The van der Waals surface area contributed by atoms with Crippen molar-refractivity contribution in [2.45, 2.75) is 0 Å². The summed E-state index contributed by atoms with van der Waals surface area (Å²) >= 11 is 9.04. The number of halogens is 2. The molecule has 0 radical (unpaired) electrons. The van der Waals surface area contributed by atoms with Gasteiger partial charge in [-0.3, -0.25) is 0 Å². The molecule has 0 fully saturated rings. The van der Waals surface area contributed by atoms with Gasteiger partial charge in [-0.15, -0.1) is 0 Å². The maximum Gasteiger partial charge on any atom is 0.227 e. The summed E-state index contributed by atoms with van der Waals surface area (Å²) in [6, 6.07) is 7.35. The predicted octanol–water partition coefficient (Wildman–Crippen LogP) is 3.64. The van der Waals surface area contributed by atoms with Gasteiger partial charge in [-0.2, -0.15) is 0 Å². The number of nitrogens with one attached hydrogen (secondary N) is 1. The fourth-order valence-electron chi connectivity index (χ4n) is 1.04. The van der Waals surface area contributed by atoms with Gasteiger partial charge in [-0.25, -0.2) is 9.97 Å². The second kappa shape index (κ2) is 4.59. The van der Waals surface area contributed by atoms with Crippen LogP contribution in [0.1, 0.15) is 0 Å². The minimum absolute atomic E-state index is 0.556. The molecule has 1 N–H and O–H groups in total. The van der Waals surface area contributed by atoms with E-state index in [9.17, 15) is 0 Å². The van der Waals surface area contributed by atoms with E-state index in [0.29, 0.717) is 11.0 Å². The zero-order valence-electron chi connectivity index (χ0n) is 7.61. The minimum Gasteiger partial charge on any atom is -0.324 e. The van der Waals surface area contributed by atoms with Crippen molar-refractivity contribution in [3.63, 3.8) is 0 Å². The van der Waals surface area contributed by atoms with Gasteiger partial charge in [0.2, 0.25) is 5.95 Å². The van der Waals surface area contributed by atoms with Crippen LogP contribution in [0.3, 0.4) is 0 Å². The van der Waals surface area contributed by atoms with E-state index in [4.69, 9.17) is 11.6 Å². The smallest absolute Gasteiger partial charge is 0.227 e. The third-order valence-corrected chi connectivity index (χ3v) is 2.38. The molecule has 0 bridgehead atoms. The van der Waals surface area contributed by atoms with Crippen LogP contribution in [0, 0.1) is 0 Å². The number of aromatic nitrogens is 2. The van der Waals surface area contributed by atoms with Crippen LogP contribution in [-0.2, 0) is 0 Å². The number of rotatable bonds is 2. The Morgan fingerprint density at radius 3 is 2.27 bits per heavy atom. The van der Waals surface area contributed by atoms with Crippen molar-refractivity contribution in [1.29, 1.82) is 0 Å². The molecule has 2 rings (SSSR count). The quantitative estimate of drug-likeness (QED) is 0.915. The Hall–Kier alpha value is -1.13. The number of hydrogen-bond donors (Lipinski definition) is 1. The van der Waals surface area contributed by atoms with Crippen LogP contribution >= 0.6 is 27.5 Å². The normalized spacial score (nSPS) is 10.0. The lowest BCUT2D eigenvalue weighted by Gasteiger charge is -2.03. The van der Waals surface area contributed by atoms with E-state index in [1.54, 1.807) is 12.4 Å². The van der Waals surface area contributed by atoms with Gasteiger partial charge in [-0.1, -0.05) is 11.6 Å². The Morgan fingerprint density at radius 2 is 1.67 bits per heavy atom. The monoisotopic (exact) mass is 283 g/mol. The van der Waals surface area contributed by atoms with Crippen molar-refractivity contribution in [3.8, 4) is 0 Å². The van der Waals surface area contributed by atoms with Crippen LogP contribution in [0.5, 0.6) is 0 Å². The molecule has 5 heteroatoms. The maximum atomic E-state index is 5.77. The second-order valence-corrected chi connectivity index (χ2v) is 4.21. The summed E-state index contributed by atoms with van der Waals surface area (Å²) in [7, 11) is 0. The zero-order valence-corrected chi connectivity index (χ0v) is 9.96. The van der Waals surface area contributed by atoms with Crippen molar-refractivity contribution in [2.75, 3.05) is 5.32 Å². The standard InChI is InChI=1S/C10H7BrClN3/c11-7-5-13-10(14-6-7)15-9-3-1-8(12)2-4-9/h1-6H,(H,13,14,15). The molecule has 0 aliphatic carbocycles. The molecule has 2 aromatic rings. The van der Waals surface area contributed by atoms with Crippen LogP contribution in [0.25, 0.3) is 0 Å². The van der Waals surface area contributed by atoms with E-state index >= 15 is 0 Å². The van der Waals surface area contributed by atoms with E-state index in [0.717, 1.165) is 10.2 Å².